The highest BCUT2D eigenvalue weighted by molar-refractivity contribution is 6.24. The van der Waals surface area contributed by atoms with Crippen LogP contribution in [0.25, 0.3) is 16.3 Å². The number of carbonyl (C=O) groups excluding carboxylic acids is 1. The molecule has 0 amide bonds. The van der Waals surface area contributed by atoms with Crippen molar-refractivity contribution in [2.24, 2.45) is 0 Å². The fourth-order valence-corrected chi connectivity index (χ4v) is 3.29. The Kier molecular flexibility index (Phi) is 3.43. The Morgan fingerprint density at radius 2 is 1.40 bits per heavy atom. The molecule has 0 atom stereocenters. The molecule has 0 aromatic heterocycles. The van der Waals surface area contributed by atoms with E-state index in [2.05, 4.69) is 38.1 Å². The topological polar surface area (TPSA) is 17.1 Å². The smallest absolute Gasteiger partial charge is 0.189 e. The summed E-state index contributed by atoms with van der Waals surface area (Å²) >= 11 is 0. The maximum Gasteiger partial charge on any atom is 0.189 e. The van der Waals surface area contributed by atoms with E-state index in [0.29, 0.717) is 0 Å². The van der Waals surface area contributed by atoms with E-state index in [0.717, 1.165) is 42.2 Å². The van der Waals surface area contributed by atoms with Crippen LogP contribution in [-0.2, 0) is 0 Å². The van der Waals surface area contributed by atoms with Crippen LogP contribution in [0.1, 0.15) is 55.5 Å². The maximum absolute atomic E-state index is 12.8. The van der Waals surface area contributed by atoms with Gasteiger partial charge in [-0.05, 0) is 29.4 Å². The first-order chi connectivity index (χ1) is 9.77. The van der Waals surface area contributed by atoms with Gasteiger partial charge in [0.05, 0.1) is 0 Å². The van der Waals surface area contributed by atoms with E-state index >= 15 is 0 Å². The largest absolute Gasteiger partial charge is 0.289 e. The Bertz CT molecular complexity index is 702. The molecule has 0 unspecified atom stereocenters. The van der Waals surface area contributed by atoms with E-state index in [1.165, 1.54) is 16.5 Å². The van der Waals surface area contributed by atoms with Crippen molar-refractivity contribution < 1.29 is 4.79 Å². The van der Waals surface area contributed by atoms with Gasteiger partial charge in [0.25, 0.3) is 0 Å². The molecule has 0 bridgehead atoms. The molecule has 0 spiro atoms. The summed E-state index contributed by atoms with van der Waals surface area (Å²) in [5, 5.41) is 2.33. The van der Waals surface area contributed by atoms with Gasteiger partial charge in [0.15, 0.2) is 5.78 Å². The number of allylic oxidation sites excluding steroid dienone is 2. The van der Waals surface area contributed by atoms with Crippen LogP contribution in [-0.4, -0.2) is 5.78 Å². The Morgan fingerprint density at radius 3 is 2.05 bits per heavy atom. The molecule has 2 aromatic carbocycles. The van der Waals surface area contributed by atoms with Gasteiger partial charge < -0.3 is 0 Å². The Labute approximate surface area is 120 Å². The van der Waals surface area contributed by atoms with Crippen molar-refractivity contribution in [1.82, 2.24) is 0 Å². The molecule has 0 fully saturated rings. The molecule has 0 heterocycles. The van der Waals surface area contributed by atoms with Gasteiger partial charge in [-0.1, -0.05) is 63.1 Å². The number of rotatable bonds is 4. The van der Waals surface area contributed by atoms with Crippen LogP contribution < -0.4 is 0 Å². The van der Waals surface area contributed by atoms with Crippen molar-refractivity contribution in [3.8, 4) is 0 Å². The molecule has 102 valence electrons. The van der Waals surface area contributed by atoms with E-state index < -0.39 is 0 Å². The van der Waals surface area contributed by atoms with Crippen molar-refractivity contribution in [2.45, 2.75) is 39.5 Å². The number of Topliss-reactive ketones (excluding diaryl/α,β-unsaturated/α-hetero) is 1. The third kappa shape index (κ3) is 1.89. The van der Waals surface area contributed by atoms with Crippen molar-refractivity contribution in [3.63, 3.8) is 0 Å². The van der Waals surface area contributed by atoms with Crippen LogP contribution in [0.4, 0.5) is 0 Å². The fraction of sp³-hybridized carbons (Fsp3) is 0.316. The monoisotopic (exact) mass is 264 g/mol. The first kappa shape index (κ1) is 13.1. The molecule has 1 aliphatic rings. The SMILES string of the molecule is CCCC1=C(CCC)c2cccc3cccc(c23)C1=O. The molecule has 2 aromatic rings. The van der Waals surface area contributed by atoms with Gasteiger partial charge in [-0.2, -0.15) is 0 Å². The second-order valence-corrected chi connectivity index (χ2v) is 5.50. The van der Waals surface area contributed by atoms with Crippen LogP contribution in [0.15, 0.2) is 42.0 Å². The van der Waals surface area contributed by atoms with Crippen molar-refractivity contribution in [3.05, 3.63) is 53.1 Å². The normalized spacial score (nSPS) is 14.2. The number of ketones is 1. The lowest BCUT2D eigenvalue weighted by Crippen LogP contribution is -2.13. The summed E-state index contributed by atoms with van der Waals surface area (Å²) in [6.07, 6.45) is 3.98. The molecule has 0 saturated carbocycles. The molecule has 3 rings (SSSR count). The summed E-state index contributed by atoms with van der Waals surface area (Å²) in [5.41, 5.74) is 4.49. The second-order valence-electron chi connectivity index (χ2n) is 5.50. The predicted octanol–water partition coefficient (Wildman–Crippen LogP) is 5.39. The Morgan fingerprint density at radius 1 is 0.800 bits per heavy atom. The van der Waals surface area contributed by atoms with E-state index in [9.17, 15) is 4.79 Å². The summed E-state index contributed by atoms with van der Waals surface area (Å²) in [6, 6.07) is 12.5. The van der Waals surface area contributed by atoms with Gasteiger partial charge in [-0.15, -0.1) is 0 Å². The van der Waals surface area contributed by atoms with Gasteiger partial charge in [0.1, 0.15) is 0 Å². The zero-order chi connectivity index (χ0) is 14.1. The first-order valence-electron chi connectivity index (χ1n) is 7.56. The molecule has 0 radical (unpaired) electrons. The highest BCUT2D eigenvalue weighted by Gasteiger charge is 2.26. The third-order valence-corrected chi connectivity index (χ3v) is 4.11. The van der Waals surface area contributed by atoms with Crippen LogP contribution in [0.5, 0.6) is 0 Å². The standard InChI is InChI=1S/C19H20O/c1-3-7-14-15-11-5-9-13-10-6-12-17(18(13)15)19(20)16(14)8-4-2/h5-6,9-12H,3-4,7-8H2,1-2H3. The molecular formula is C19H20O. The highest BCUT2D eigenvalue weighted by Crippen LogP contribution is 2.39. The van der Waals surface area contributed by atoms with Gasteiger partial charge in [0, 0.05) is 16.5 Å². The van der Waals surface area contributed by atoms with Crippen molar-refractivity contribution in [2.75, 3.05) is 0 Å². The molecule has 20 heavy (non-hydrogen) atoms. The maximum atomic E-state index is 12.8. The number of carbonyl (C=O) groups is 1. The highest BCUT2D eigenvalue weighted by atomic mass is 16.1. The average Bonchev–Trinajstić information content (AvgIpc) is 2.48. The summed E-state index contributed by atoms with van der Waals surface area (Å²) in [7, 11) is 0. The zero-order valence-corrected chi connectivity index (χ0v) is 12.2. The minimum Gasteiger partial charge on any atom is -0.289 e. The molecule has 1 nitrogen and oxygen atoms in total. The van der Waals surface area contributed by atoms with Gasteiger partial charge in [-0.3, -0.25) is 4.79 Å². The lowest BCUT2D eigenvalue weighted by atomic mass is 9.80. The summed E-state index contributed by atoms with van der Waals surface area (Å²) in [6.45, 7) is 4.33. The quantitative estimate of drug-likeness (QED) is 0.723. The van der Waals surface area contributed by atoms with Gasteiger partial charge in [0.2, 0.25) is 0 Å². The van der Waals surface area contributed by atoms with E-state index in [1.54, 1.807) is 0 Å². The number of benzene rings is 2. The minimum absolute atomic E-state index is 0.250. The molecule has 0 saturated heterocycles. The lowest BCUT2D eigenvalue weighted by Gasteiger charge is -2.23. The second kappa shape index (κ2) is 5.24. The van der Waals surface area contributed by atoms with Crippen LogP contribution in [0.3, 0.4) is 0 Å². The molecular weight excluding hydrogens is 244 g/mol. The van der Waals surface area contributed by atoms with Crippen LogP contribution in [0, 0.1) is 0 Å². The first-order valence-corrected chi connectivity index (χ1v) is 7.56. The summed E-state index contributed by atoms with van der Waals surface area (Å²) in [4.78, 5) is 12.8. The molecule has 0 aliphatic heterocycles. The Hall–Kier alpha value is -1.89. The summed E-state index contributed by atoms with van der Waals surface area (Å²) in [5.74, 6) is 0.250. The average molecular weight is 264 g/mol. The lowest BCUT2D eigenvalue weighted by molar-refractivity contribution is 0.103. The van der Waals surface area contributed by atoms with Crippen molar-refractivity contribution >= 4 is 22.1 Å². The van der Waals surface area contributed by atoms with E-state index in [1.807, 2.05) is 12.1 Å². The summed E-state index contributed by atoms with van der Waals surface area (Å²) < 4.78 is 0. The Balaban J connectivity index is 2.34. The predicted molar refractivity (Wildman–Crippen MR) is 85.0 cm³/mol. The number of hydrogen-bond acceptors (Lipinski definition) is 1. The number of hydrogen-bond donors (Lipinski definition) is 0. The van der Waals surface area contributed by atoms with Crippen molar-refractivity contribution in [1.29, 1.82) is 0 Å². The van der Waals surface area contributed by atoms with E-state index in [-0.39, 0.29) is 5.78 Å². The van der Waals surface area contributed by atoms with Crippen LogP contribution in [0.2, 0.25) is 0 Å². The van der Waals surface area contributed by atoms with Gasteiger partial charge in [-0.25, -0.2) is 0 Å². The van der Waals surface area contributed by atoms with Gasteiger partial charge >= 0.3 is 0 Å². The minimum atomic E-state index is 0.250. The zero-order valence-electron chi connectivity index (χ0n) is 12.2. The fourth-order valence-electron chi connectivity index (χ4n) is 3.29. The molecule has 0 N–H and O–H groups in total. The molecule has 1 aliphatic carbocycles. The van der Waals surface area contributed by atoms with Crippen LogP contribution >= 0.6 is 0 Å². The van der Waals surface area contributed by atoms with E-state index in [4.69, 9.17) is 0 Å². The molecule has 1 heteroatoms. The third-order valence-electron chi connectivity index (χ3n) is 4.11.